The van der Waals surface area contributed by atoms with Crippen molar-refractivity contribution >= 4 is 11.8 Å². The minimum atomic E-state index is -4.68. The standard InChI is InChI=1S/C21H18F3N3O2/c1-13-7-8-14(2)27(13)16-11-9-15(10-12-16)19(28)25-26-20(29)17-5-3-4-6-18(17)21(22,23)24/h3-12H,1-2H3,(H,25,28)(H,26,29). The van der Waals surface area contributed by atoms with E-state index in [1.165, 1.54) is 12.1 Å². The summed E-state index contributed by atoms with van der Waals surface area (Å²) in [6.07, 6.45) is -4.68. The maximum Gasteiger partial charge on any atom is 0.417 e. The number of hydrogen-bond acceptors (Lipinski definition) is 2. The fourth-order valence-electron chi connectivity index (χ4n) is 3.02. The van der Waals surface area contributed by atoms with Crippen molar-refractivity contribution in [1.82, 2.24) is 15.4 Å². The van der Waals surface area contributed by atoms with Crippen LogP contribution in [0.2, 0.25) is 0 Å². The van der Waals surface area contributed by atoms with Crippen LogP contribution in [0, 0.1) is 13.8 Å². The van der Waals surface area contributed by atoms with Crippen molar-refractivity contribution in [2.45, 2.75) is 20.0 Å². The van der Waals surface area contributed by atoms with Gasteiger partial charge < -0.3 is 4.57 Å². The van der Waals surface area contributed by atoms with Gasteiger partial charge in [-0.1, -0.05) is 12.1 Å². The van der Waals surface area contributed by atoms with Gasteiger partial charge in [0.2, 0.25) is 0 Å². The molecule has 1 aromatic heterocycles. The first-order chi connectivity index (χ1) is 13.7. The number of aryl methyl sites for hydroxylation is 2. The Balaban J connectivity index is 1.70. The topological polar surface area (TPSA) is 63.1 Å². The number of alkyl halides is 3. The molecule has 0 aliphatic heterocycles. The molecular weight excluding hydrogens is 383 g/mol. The molecule has 0 bridgehead atoms. The molecule has 5 nitrogen and oxygen atoms in total. The summed E-state index contributed by atoms with van der Waals surface area (Å²) in [6.45, 7) is 3.92. The van der Waals surface area contributed by atoms with Gasteiger partial charge in [-0.3, -0.25) is 20.4 Å². The molecule has 3 aromatic rings. The van der Waals surface area contributed by atoms with E-state index >= 15 is 0 Å². The second-order valence-electron chi connectivity index (χ2n) is 6.45. The van der Waals surface area contributed by atoms with Gasteiger partial charge in [0, 0.05) is 22.6 Å². The van der Waals surface area contributed by atoms with Crippen molar-refractivity contribution in [2.24, 2.45) is 0 Å². The van der Waals surface area contributed by atoms with Crippen LogP contribution in [-0.2, 0) is 6.18 Å². The molecule has 0 aliphatic carbocycles. The highest BCUT2D eigenvalue weighted by Crippen LogP contribution is 2.31. The Kier molecular flexibility index (Phi) is 5.45. The third kappa shape index (κ3) is 4.31. The number of nitrogens with zero attached hydrogens (tertiary/aromatic N) is 1. The van der Waals surface area contributed by atoms with Crippen molar-refractivity contribution < 1.29 is 22.8 Å². The van der Waals surface area contributed by atoms with Crippen LogP contribution >= 0.6 is 0 Å². The maximum atomic E-state index is 13.0. The molecule has 150 valence electrons. The molecule has 29 heavy (non-hydrogen) atoms. The molecule has 1 heterocycles. The molecule has 0 fully saturated rings. The number of hydrogen-bond donors (Lipinski definition) is 2. The molecule has 0 spiro atoms. The number of carbonyl (C=O) groups excluding carboxylic acids is 2. The van der Waals surface area contributed by atoms with Gasteiger partial charge in [0.25, 0.3) is 11.8 Å². The van der Waals surface area contributed by atoms with Crippen LogP contribution in [-0.4, -0.2) is 16.4 Å². The van der Waals surface area contributed by atoms with Gasteiger partial charge in [-0.25, -0.2) is 0 Å². The van der Waals surface area contributed by atoms with Gasteiger partial charge in [-0.15, -0.1) is 0 Å². The number of carbonyl (C=O) groups is 2. The number of rotatable bonds is 3. The van der Waals surface area contributed by atoms with E-state index in [2.05, 4.69) is 5.43 Å². The van der Waals surface area contributed by atoms with Gasteiger partial charge in [0.15, 0.2) is 0 Å². The first kappa shape index (κ1) is 20.2. The SMILES string of the molecule is Cc1ccc(C)n1-c1ccc(C(=O)NNC(=O)c2ccccc2C(F)(F)F)cc1. The average Bonchev–Trinajstić information content (AvgIpc) is 3.03. The average molecular weight is 401 g/mol. The molecule has 8 heteroatoms. The van der Waals surface area contributed by atoms with E-state index in [9.17, 15) is 22.8 Å². The number of nitrogens with one attached hydrogen (secondary N) is 2. The third-order valence-corrected chi connectivity index (χ3v) is 4.43. The lowest BCUT2D eigenvalue weighted by Crippen LogP contribution is -2.42. The summed E-state index contributed by atoms with van der Waals surface area (Å²) in [5, 5.41) is 0. The number of hydrazine groups is 1. The van der Waals surface area contributed by atoms with Gasteiger partial charge in [0.1, 0.15) is 0 Å². The quantitative estimate of drug-likeness (QED) is 0.647. The van der Waals surface area contributed by atoms with Gasteiger partial charge >= 0.3 is 6.18 Å². The van der Waals surface area contributed by atoms with Crippen LogP contribution in [0.25, 0.3) is 5.69 Å². The normalized spacial score (nSPS) is 11.2. The van der Waals surface area contributed by atoms with Crippen LogP contribution in [0.4, 0.5) is 13.2 Å². The Morgan fingerprint density at radius 2 is 1.34 bits per heavy atom. The van der Waals surface area contributed by atoms with Gasteiger partial charge in [-0.2, -0.15) is 13.2 Å². The fraction of sp³-hybridized carbons (Fsp3) is 0.143. The highest BCUT2D eigenvalue weighted by atomic mass is 19.4. The molecule has 0 radical (unpaired) electrons. The van der Waals surface area contributed by atoms with E-state index in [-0.39, 0.29) is 5.56 Å². The molecule has 3 rings (SSSR count). The van der Waals surface area contributed by atoms with Crippen molar-refractivity contribution in [3.63, 3.8) is 0 Å². The molecule has 0 saturated carbocycles. The van der Waals surface area contributed by atoms with Crippen LogP contribution in [0.1, 0.15) is 37.7 Å². The van der Waals surface area contributed by atoms with Crippen LogP contribution < -0.4 is 10.9 Å². The summed E-state index contributed by atoms with van der Waals surface area (Å²) in [6, 6.07) is 14.9. The first-order valence-electron chi connectivity index (χ1n) is 8.71. The van der Waals surface area contributed by atoms with E-state index in [4.69, 9.17) is 0 Å². The maximum absolute atomic E-state index is 13.0. The summed E-state index contributed by atoms with van der Waals surface area (Å²) >= 11 is 0. The van der Waals surface area contributed by atoms with Crippen molar-refractivity contribution in [3.05, 3.63) is 88.7 Å². The number of amides is 2. The smallest absolute Gasteiger partial charge is 0.319 e. The van der Waals surface area contributed by atoms with Crippen molar-refractivity contribution in [3.8, 4) is 5.69 Å². The monoisotopic (exact) mass is 401 g/mol. The summed E-state index contributed by atoms with van der Waals surface area (Å²) in [5.41, 5.74) is 5.71. The second-order valence-corrected chi connectivity index (χ2v) is 6.45. The highest BCUT2D eigenvalue weighted by molar-refractivity contribution is 6.00. The molecule has 2 amide bonds. The van der Waals surface area contributed by atoms with Crippen LogP contribution in [0.5, 0.6) is 0 Å². The molecule has 0 unspecified atom stereocenters. The Morgan fingerprint density at radius 3 is 1.93 bits per heavy atom. The van der Waals surface area contributed by atoms with Crippen molar-refractivity contribution in [1.29, 1.82) is 0 Å². The first-order valence-corrected chi connectivity index (χ1v) is 8.71. The fourth-order valence-corrected chi connectivity index (χ4v) is 3.02. The minimum Gasteiger partial charge on any atom is -0.319 e. The van der Waals surface area contributed by atoms with Crippen molar-refractivity contribution in [2.75, 3.05) is 0 Å². The molecule has 2 aromatic carbocycles. The lowest BCUT2D eigenvalue weighted by molar-refractivity contribution is -0.137. The Labute approximate surface area is 165 Å². The van der Waals surface area contributed by atoms with E-state index in [1.54, 1.807) is 24.3 Å². The molecule has 0 saturated heterocycles. The lowest BCUT2D eigenvalue weighted by Gasteiger charge is -2.13. The Hall–Kier alpha value is -3.55. The second kappa shape index (κ2) is 7.83. The summed E-state index contributed by atoms with van der Waals surface area (Å²) < 4.78 is 41.1. The summed E-state index contributed by atoms with van der Waals surface area (Å²) in [4.78, 5) is 24.3. The predicted octanol–water partition coefficient (Wildman–Crippen LogP) is 4.19. The molecule has 0 atom stereocenters. The summed E-state index contributed by atoms with van der Waals surface area (Å²) in [5.74, 6) is -1.70. The number of halogens is 3. The van der Waals surface area contributed by atoms with Crippen LogP contribution in [0.15, 0.2) is 60.7 Å². The highest BCUT2D eigenvalue weighted by Gasteiger charge is 2.34. The zero-order chi connectivity index (χ0) is 21.2. The molecule has 2 N–H and O–H groups in total. The summed E-state index contributed by atoms with van der Waals surface area (Å²) in [7, 11) is 0. The van der Waals surface area contributed by atoms with E-state index in [0.29, 0.717) is 0 Å². The lowest BCUT2D eigenvalue weighted by atomic mass is 10.1. The Morgan fingerprint density at radius 1 is 0.793 bits per heavy atom. The molecular formula is C21H18F3N3O2. The van der Waals surface area contributed by atoms with Gasteiger partial charge in [0.05, 0.1) is 11.1 Å². The molecule has 0 aliphatic rings. The van der Waals surface area contributed by atoms with Gasteiger partial charge in [-0.05, 0) is 62.4 Å². The van der Waals surface area contributed by atoms with E-state index < -0.39 is 29.1 Å². The van der Waals surface area contributed by atoms with Crippen LogP contribution in [0.3, 0.4) is 0 Å². The number of aromatic nitrogens is 1. The van der Waals surface area contributed by atoms with E-state index in [1.807, 2.05) is 36.0 Å². The zero-order valence-electron chi connectivity index (χ0n) is 15.7. The zero-order valence-corrected chi connectivity index (χ0v) is 15.7. The largest absolute Gasteiger partial charge is 0.417 e. The van der Waals surface area contributed by atoms with E-state index in [0.717, 1.165) is 29.2 Å². The minimum absolute atomic E-state index is 0.251. The third-order valence-electron chi connectivity index (χ3n) is 4.43. The Bertz CT molecular complexity index is 1030. The predicted molar refractivity (Wildman–Crippen MR) is 102 cm³/mol. The number of benzene rings is 2.